The van der Waals surface area contributed by atoms with E-state index in [0.29, 0.717) is 11.3 Å². The number of benzene rings is 1. The van der Waals surface area contributed by atoms with Crippen molar-refractivity contribution in [3.8, 4) is 17.2 Å². The zero-order valence-electron chi connectivity index (χ0n) is 15.7. The number of hydrogen-bond acceptors (Lipinski definition) is 6. The average Bonchev–Trinajstić information content (AvgIpc) is 2.63. The molecule has 0 unspecified atom stereocenters. The lowest BCUT2D eigenvalue weighted by molar-refractivity contribution is 0.474. The minimum Gasteiger partial charge on any atom is -0.453 e. The van der Waals surface area contributed by atoms with E-state index in [4.69, 9.17) is 33.7 Å². The number of aromatic amines is 1. The Bertz CT molecular complexity index is 1250. The summed E-state index contributed by atoms with van der Waals surface area (Å²) in [4.78, 5) is 37.6. The molecule has 0 spiro atoms. The number of nitrogens with two attached hydrogens (primary N) is 1. The molecule has 0 saturated heterocycles. The van der Waals surface area contributed by atoms with Crippen molar-refractivity contribution in [1.29, 1.82) is 0 Å². The zero-order chi connectivity index (χ0) is 21.5. The number of nitrogens with zero attached hydrogens (tertiary/aromatic N) is 3. The van der Waals surface area contributed by atoms with Gasteiger partial charge in [0.1, 0.15) is 5.75 Å². The Morgan fingerprint density at radius 3 is 2.34 bits per heavy atom. The van der Waals surface area contributed by atoms with Crippen LogP contribution in [-0.4, -0.2) is 19.3 Å². The molecule has 3 rings (SSSR count). The van der Waals surface area contributed by atoms with Crippen LogP contribution in [0.3, 0.4) is 0 Å². The molecule has 3 aromatic rings. The molecule has 0 radical (unpaired) electrons. The first-order chi connectivity index (χ1) is 13.6. The standard InChI is InChI=1S/C18H17Cl2N5O4/c1-8(2)11-6-10(7-24(3)17(11)27)29-14-12(19)4-9(5-13(14)20)25-18(28)22-16(26)15(21)23-25/h4-8H,1-3H3,(H2,21,23)(H,22,26,28). The Kier molecular flexibility index (Phi) is 5.54. The smallest absolute Gasteiger partial charge is 0.349 e. The number of H-pyrrole nitrogens is 1. The van der Waals surface area contributed by atoms with E-state index in [1.165, 1.54) is 22.9 Å². The number of nitrogens with one attached hydrogen (secondary N) is 1. The molecule has 11 heteroatoms. The van der Waals surface area contributed by atoms with E-state index in [-0.39, 0.29) is 38.8 Å². The predicted molar refractivity (Wildman–Crippen MR) is 111 cm³/mol. The molecular weight excluding hydrogens is 421 g/mol. The van der Waals surface area contributed by atoms with E-state index >= 15 is 0 Å². The quantitative estimate of drug-likeness (QED) is 0.645. The molecule has 0 saturated carbocycles. The molecule has 1 aromatic carbocycles. The number of ether oxygens (including phenoxy) is 1. The first kappa shape index (κ1) is 20.7. The number of hydrogen-bond donors (Lipinski definition) is 2. The minimum atomic E-state index is -0.801. The predicted octanol–water partition coefficient (Wildman–Crippen LogP) is 2.42. The average molecular weight is 438 g/mol. The van der Waals surface area contributed by atoms with Crippen molar-refractivity contribution >= 4 is 29.0 Å². The number of anilines is 1. The Labute approximate surface area is 174 Å². The molecule has 2 aromatic heterocycles. The van der Waals surface area contributed by atoms with Crippen molar-refractivity contribution in [3.63, 3.8) is 0 Å². The summed E-state index contributed by atoms with van der Waals surface area (Å²) in [5, 5.41) is 3.91. The third-order valence-electron chi connectivity index (χ3n) is 4.11. The molecular formula is C18H17Cl2N5O4. The van der Waals surface area contributed by atoms with E-state index in [0.717, 1.165) is 4.68 Å². The molecule has 2 heterocycles. The van der Waals surface area contributed by atoms with Crippen molar-refractivity contribution in [3.05, 3.63) is 71.2 Å². The monoisotopic (exact) mass is 437 g/mol. The maximum Gasteiger partial charge on any atom is 0.349 e. The van der Waals surface area contributed by atoms with E-state index in [1.54, 1.807) is 13.1 Å². The minimum absolute atomic E-state index is 0.00536. The summed E-state index contributed by atoms with van der Waals surface area (Å²) in [6, 6.07) is 4.41. The molecule has 9 nitrogen and oxygen atoms in total. The van der Waals surface area contributed by atoms with Crippen LogP contribution in [0.15, 0.2) is 38.8 Å². The lowest BCUT2D eigenvalue weighted by atomic mass is 10.1. The fourth-order valence-corrected chi connectivity index (χ4v) is 3.20. The summed E-state index contributed by atoms with van der Waals surface area (Å²) in [6.07, 6.45) is 1.52. The summed E-state index contributed by atoms with van der Waals surface area (Å²) < 4.78 is 8.09. The maximum atomic E-state index is 12.2. The zero-order valence-corrected chi connectivity index (χ0v) is 17.2. The summed E-state index contributed by atoms with van der Waals surface area (Å²) in [5.41, 5.74) is 4.51. The third-order valence-corrected chi connectivity index (χ3v) is 4.67. The first-order valence-corrected chi connectivity index (χ1v) is 9.21. The fourth-order valence-electron chi connectivity index (χ4n) is 2.65. The van der Waals surface area contributed by atoms with Gasteiger partial charge >= 0.3 is 5.69 Å². The van der Waals surface area contributed by atoms with Gasteiger partial charge < -0.3 is 15.0 Å². The van der Waals surface area contributed by atoms with Crippen LogP contribution in [0.5, 0.6) is 11.5 Å². The molecule has 3 N–H and O–H groups in total. The van der Waals surface area contributed by atoms with Gasteiger partial charge in [0, 0.05) is 18.8 Å². The second-order valence-corrected chi connectivity index (χ2v) is 7.41. The third kappa shape index (κ3) is 4.06. The highest BCUT2D eigenvalue weighted by molar-refractivity contribution is 6.37. The number of pyridine rings is 1. The van der Waals surface area contributed by atoms with Gasteiger partial charge in [0.2, 0.25) is 5.82 Å². The molecule has 0 aliphatic heterocycles. The van der Waals surface area contributed by atoms with Gasteiger partial charge in [-0.15, -0.1) is 5.10 Å². The van der Waals surface area contributed by atoms with Gasteiger partial charge in [-0.2, -0.15) is 4.68 Å². The lowest BCUT2D eigenvalue weighted by Gasteiger charge is -2.14. The van der Waals surface area contributed by atoms with Crippen LogP contribution in [0.1, 0.15) is 25.3 Å². The van der Waals surface area contributed by atoms with Gasteiger partial charge in [-0.05, 0) is 24.1 Å². The van der Waals surface area contributed by atoms with Crippen molar-refractivity contribution in [1.82, 2.24) is 19.3 Å². The number of aromatic nitrogens is 4. The van der Waals surface area contributed by atoms with Crippen molar-refractivity contribution in [2.75, 3.05) is 5.73 Å². The molecule has 29 heavy (non-hydrogen) atoms. The summed E-state index contributed by atoms with van der Waals surface area (Å²) >= 11 is 12.6. The molecule has 0 aliphatic carbocycles. The normalized spacial score (nSPS) is 11.1. The summed E-state index contributed by atoms with van der Waals surface area (Å²) in [7, 11) is 1.62. The fraction of sp³-hybridized carbons (Fsp3) is 0.222. The largest absolute Gasteiger partial charge is 0.453 e. The molecule has 0 atom stereocenters. The SMILES string of the molecule is CC(C)c1cc(Oc2c(Cl)cc(-n3nc(N)c(=O)[nH]c3=O)cc2Cl)cn(C)c1=O. The van der Waals surface area contributed by atoms with E-state index in [2.05, 4.69) is 5.10 Å². The van der Waals surface area contributed by atoms with E-state index in [1.807, 2.05) is 18.8 Å². The van der Waals surface area contributed by atoms with Gasteiger partial charge in [0.15, 0.2) is 5.75 Å². The van der Waals surface area contributed by atoms with Crippen molar-refractivity contribution in [2.24, 2.45) is 7.05 Å². The van der Waals surface area contributed by atoms with Crippen LogP contribution >= 0.6 is 23.2 Å². The van der Waals surface area contributed by atoms with Crippen LogP contribution in [0.2, 0.25) is 10.0 Å². The Balaban J connectivity index is 2.06. The number of nitrogen functional groups attached to an aromatic ring is 1. The van der Waals surface area contributed by atoms with Crippen LogP contribution in [0, 0.1) is 0 Å². The van der Waals surface area contributed by atoms with Gasteiger partial charge in [0.05, 0.1) is 15.7 Å². The Morgan fingerprint density at radius 1 is 1.14 bits per heavy atom. The second-order valence-electron chi connectivity index (χ2n) is 6.60. The van der Waals surface area contributed by atoms with Crippen LogP contribution < -0.4 is 27.3 Å². The summed E-state index contributed by atoms with van der Waals surface area (Å²) in [5.74, 6) is 0.115. The molecule has 0 fully saturated rings. The molecule has 0 amide bonds. The van der Waals surface area contributed by atoms with E-state index < -0.39 is 11.2 Å². The second kappa shape index (κ2) is 7.76. The van der Waals surface area contributed by atoms with Crippen molar-refractivity contribution in [2.45, 2.75) is 19.8 Å². The molecule has 152 valence electrons. The van der Waals surface area contributed by atoms with Gasteiger partial charge in [-0.1, -0.05) is 37.0 Å². The highest BCUT2D eigenvalue weighted by Gasteiger charge is 2.16. The van der Waals surface area contributed by atoms with Crippen LogP contribution in [0.4, 0.5) is 5.82 Å². The Morgan fingerprint density at radius 2 is 1.76 bits per heavy atom. The summed E-state index contributed by atoms with van der Waals surface area (Å²) in [6.45, 7) is 3.80. The van der Waals surface area contributed by atoms with Crippen LogP contribution in [0.25, 0.3) is 5.69 Å². The highest BCUT2D eigenvalue weighted by atomic mass is 35.5. The topological polar surface area (TPSA) is 125 Å². The van der Waals surface area contributed by atoms with Crippen molar-refractivity contribution < 1.29 is 4.74 Å². The van der Waals surface area contributed by atoms with Gasteiger partial charge in [-0.3, -0.25) is 14.6 Å². The molecule has 0 bridgehead atoms. The van der Waals surface area contributed by atoms with Gasteiger partial charge in [0.25, 0.3) is 11.1 Å². The first-order valence-electron chi connectivity index (χ1n) is 8.45. The molecule has 0 aliphatic rings. The maximum absolute atomic E-state index is 12.2. The Hall–Kier alpha value is -3.04. The van der Waals surface area contributed by atoms with Crippen LogP contribution in [-0.2, 0) is 7.05 Å². The van der Waals surface area contributed by atoms with E-state index in [9.17, 15) is 14.4 Å². The number of rotatable bonds is 4. The van der Waals surface area contributed by atoms with Gasteiger partial charge in [-0.25, -0.2) is 4.79 Å². The lowest BCUT2D eigenvalue weighted by Crippen LogP contribution is -2.33. The highest BCUT2D eigenvalue weighted by Crippen LogP contribution is 2.38. The number of halogens is 2. The number of aryl methyl sites for hydroxylation is 1.